The van der Waals surface area contributed by atoms with Crippen molar-refractivity contribution in [2.24, 2.45) is 0 Å². The summed E-state index contributed by atoms with van der Waals surface area (Å²) in [5, 5.41) is 12.6. The molecular weight excluding hydrogens is 206 g/mol. The van der Waals surface area contributed by atoms with Crippen molar-refractivity contribution in [1.82, 2.24) is 5.32 Å². The Morgan fingerprint density at radius 1 is 1.33 bits per heavy atom. The van der Waals surface area contributed by atoms with Crippen molar-refractivity contribution in [1.29, 1.82) is 0 Å². The Morgan fingerprint density at radius 3 is 2.67 bits per heavy atom. The summed E-state index contributed by atoms with van der Waals surface area (Å²) in [6, 6.07) is 10.2. The zero-order valence-electron chi connectivity index (χ0n) is 9.15. The Morgan fingerprint density at radius 2 is 2.07 bits per heavy atom. The van der Waals surface area contributed by atoms with Crippen LogP contribution in [-0.2, 0) is 0 Å². The van der Waals surface area contributed by atoms with Crippen LogP contribution in [0.4, 0.5) is 0 Å². The van der Waals surface area contributed by atoms with Gasteiger partial charge in [-0.3, -0.25) is 0 Å². The second kappa shape index (κ2) is 7.74. The van der Waals surface area contributed by atoms with Crippen LogP contribution in [0.1, 0.15) is 18.0 Å². The van der Waals surface area contributed by atoms with Gasteiger partial charge in [0.2, 0.25) is 0 Å². The van der Waals surface area contributed by atoms with Gasteiger partial charge in [-0.05, 0) is 30.5 Å². The molecule has 0 bridgehead atoms. The van der Waals surface area contributed by atoms with E-state index in [0.717, 1.165) is 18.5 Å². The molecule has 1 aromatic rings. The predicted molar refractivity (Wildman–Crippen MR) is 67.3 cm³/mol. The normalized spacial score (nSPS) is 12.7. The average molecular weight is 225 g/mol. The number of aliphatic hydroxyl groups excluding tert-OH is 1. The van der Waals surface area contributed by atoms with E-state index in [0.29, 0.717) is 0 Å². The first-order valence-electron chi connectivity index (χ1n) is 5.26. The highest BCUT2D eigenvalue weighted by Gasteiger charge is 2.07. The number of nitrogens with one attached hydrogen (secondary N) is 1. The lowest BCUT2D eigenvalue weighted by atomic mass is 10.1. The number of benzene rings is 1. The number of aliphatic hydroxyl groups is 1. The first-order chi connectivity index (χ1) is 7.38. The minimum absolute atomic E-state index is 0.0769. The van der Waals surface area contributed by atoms with Gasteiger partial charge in [0.15, 0.2) is 0 Å². The van der Waals surface area contributed by atoms with Crippen molar-refractivity contribution < 1.29 is 5.11 Å². The first-order valence-corrected chi connectivity index (χ1v) is 6.66. The maximum Gasteiger partial charge on any atom is 0.0626 e. The molecular formula is C12H19NOS. The van der Waals surface area contributed by atoms with E-state index in [9.17, 15) is 5.11 Å². The Kier molecular flexibility index (Phi) is 6.48. The third-order valence-electron chi connectivity index (χ3n) is 2.30. The molecule has 1 rings (SSSR count). The maximum atomic E-state index is 9.27. The smallest absolute Gasteiger partial charge is 0.0626 e. The highest BCUT2D eigenvalue weighted by Crippen LogP contribution is 2.11. The minimum Gasteiger partial charge on any atom is -0.394 e. The highest BCUT2D eigenvalue weighted by atomic mass is 32.2. The van der Waals surface area contributed by atoms with Crippen molar-refractivity contribution >= 4 is 11.8 Å². The number of rotatable bonds is 7. The molecule has 0 fully saturated rings. The van der Waals surface area contributed by atoms with Crippen molar-refractivity contribution in [2.45, 2.75) is 12.5 Å². The summed E-state index contributed by atoms with van der Waals surface area (Å²) in [4.78, 5) is 0. The van der Waals surface area contributed by atoms with E-state index >= 15 is 0 Å². The SMILES string of the molecule is CSCCCNC(CO)c1ccccc1. The van der Waals surface area contributed by atoms with Crippen LogP contribution in [-0.4, -0.2) is 30.3 Å². The fourth-order valence-electron chi connectivity index (χ4n) is 1.47. The van der Waals surface area contributed by atoms with Gasteiger partial charge >= 0.3 is 0 Å². The fraction of sp³-hybridized carbons (Fsp3) is 0.500. The molecule has 0 aliphatic heterocycles. The standard InChI is InChI=1S/C12H19NOS/c1-15-9-5-8-13-12(10-14)11-6-3-2-4-7-11/h2-4,6-7,12-14H,5,8-10H2,1H3. The van der Waals surface area contributed by atoms with Gasteiger partial charge in [0.25, 0.3) is 0 Å². The van der Waals surface area contributed by atoms with Gasteiger partial charge in [0.05, 0.1) is 12.6 Å². The lowest BCUT2D eigenvalue weighted by Crippen LogP contribution is -2.25. The molecule has 3 heteroatoms. The van der Waals surface area contributed by atoms with E-state index in [4.69, 9.17) is 0 Å². The third-order valence-corrected chi connectivity index (χ3v) is 3.00. The van der Waals surface area contributed by atoms with Crippen molar-refractivity contribution in [3.05, 3.63) is 35.9 Å². The molecule has 0 aromatic heterocycles. The molecule has 0 aliphatic rings. The molecule has 0 saturated heterocycles. The zero-order valence-corrected chi connectivity index (χ0v) is 9.96. The molecule has 84 valence electrons. The number of hydrogen-bond donors (Lipinski definition) is 2. The van der Waals surface area contributed by atoms with Crippen LogP contribution in [0.15, 0.2) is 30.3 Å². The maximum absolute atomic E-state index is 9.27. The molecule has 0 saturated carbocycles. The van der Waals surface area contributed by atoms with E-state index in [2.05, 4.69) is 11.6 Å². The lowest BCUT2D eigenvalue weighted by molar-refractivity contribution is 0.245. The number of hydrogen-bond acceptors (Lipinski definition) is 3. The summed E-state index contributed by atoms with van der Waals surface area (Å²) in [6.07, 6.45) is 3.26. The van der Waals surface area contributed by atoms with Gasteiger partial charge in [-0.2, -0.15) is 11.8 Å². The summed E-state index contributed by atoms with van der Waals surface area (Å²) in [6.45, 7) is 1.12. The van der Waals surface area contributed by atoms with Gasteiger partial charge < -0.3 is 10.4 Å². The molecule has 1 atom stereocenters. The van der Waals surface area contributed by atoms with E-state index in [1.54, 1.807) is 0 Å². The van der Waals surface area contributed by atoms with Crippen molar-refractivity contribution in [3.63, 3.8) is 0 Å². The van der Waals surface area contributed by atoms with Crippen LogP contribution >= 0.6 is 11.8 Å². The molecule has 2 nitrogen and oxygen atoms in total. The Bertz CT molecular complexity index is 253. The van der Waals surface area contributed by atoms with E-state index in [-0.39, 0.29) is 12.6 Å². The van der Waals surface area contributed by atoms with Crippen LogP contribution in [0, 0.1) is 0 Å². The van der Waals surface area contributed by atoms with Gasteiger partial charge in [-0.1, -0.05) is 30.3 Å². The van der Waals surface area contributed by atoms with E-state index in [1.165, 1.54) is 5.75 Å². The summed E-state index contributed by atoms with van der Waals surface area (Å²) in [5.41, 5.74) is 1.16. The quantitative estimate of drug-likeness (QED) is 0.697. The summed E-state index contributed by atoms with van der Waals surface area (Å²) < 4.78 is 0. The van der Waals surface area contributed by atoms with Crippen LogP contribution in [0.3, 0.4) is 0 Å². The van der Waals surface area contributed by atoms with Crippen LogP contribution in [0.5, 0.6) is 0 Å². The van der Waals surface area contributed by atoms with Crippen molar-refractivity contribution in [2.75, 3.05) is 25.2 Å². The molecule has 0 amide bonds. The predicted octanol–water partition coefficient (Wildman–Crippen LogP) is 2.06. The first kappa shape index (κ1) is 12.6. The van der Waals surface area contributed by atoms with Gasteiger partial charge in [0.1, 0.15) is 0 Å². The zero-order chi connectivity index (χ0) is 10.9. The Hall–Kier alpha value is -0.510. The minimum atomic E-state index is 0.0769. The van der Waals surface area contributed by atoms with Crippen LogP contribution < -0.4 is 5.32 Å². The summed E-state index contributed by atoms with van der Waals surface area (Å²) in [5.74, 6) is 1.17. The number of thioether (sulfide) groups is 1. The molecule has 1 unspecified atom stereocenters. The molecule has 0 spiro atoms. The molecule has 2 N–H and O–H groups in total. The topological polar surface area (TPSA) is 32.3 Å². The Labute approximate surface area is 96.1 Å². The molecule has 0 heterocycles. The van der Waals surface area contributed by atoms with Crippen LogP contribution in [0.25, 0.3) is 0 Å². The van der Waals surface area contributed by atoms with Crippen molar-refractivity contribution in [3.8, 4) is 0 Å². The second-order valence-corrected chi connectivity index (χ2v) is 4.43. The largest absolute Gasteiger partial charge is 0.394 e. The van der Waals surface area contributed by atoms with E-state index in [1.807, 2.05) is 42.1 Å². The molecule has 0 aliphatic carbocycles. The Balaban J connectivity index is 2.36. The molecule has 1 aromatic carbocycles. The fourth-order valence-corrected chi connectivity index (χ4v) is 1.90. The summed E-state index contributed by atoms with van der Waals surface area (Å²) in [7, 11) is 0. The monoisotopic (exact) mass is 225 g/mol. The highest BCUT2D eigenvalue weighted by molar-refractivity contribution is 7.98. The lowest BCUT2D eigenvalue weighted by Gasteiger charge is -2.16. The van der Waals surface area contributed by atoms with Crippen LogP contribution in [0.2, 0.25) is 0 Å². The molecule has 15 heavy (non-hydrogen) atoms. The molecule has 0 radical (unpaired) electrons. The second-order valence-electron chi connectivity index (χ2n) is 3.45. The van der Waals surface area contributed by atoms with Gasteiger partial charge in [-0.25, -0.2) is 0 Å². The average Bonchev–Trinajstić information content (AvgIpc) is 2.30. The van der Waals surface area contributed by atoms with Gasteiger partial charge in [0, 0.05) is 0 Å². The third kappa shape index (κ3) is 4.69. The van der Waals surface area contributed by atoms with Gasteiger partial charge in [-0.15, -0.1) is 0 Å². The van der Waals surface area contributed by atoms with E-state index < -0.39 is 0 Å². The summed E-state index contributed by atoms with van der Waals surface area (Å²) >= 11 is 1.85.